The fourth-order valence-corrected chi connectivity index (χ4v) is 1.34. The summed E-state index contributed by atoms with van der Waals surface area (Å²) in [5.74, 6) is -0.719. The first-order valence-corrected chi connectivity index (χ1v) is 7.76. The molecule has 0 saturated carbocycles. The van der Waals surface area contributed by atoms with Gasteiger partial charge in [-0.15, -0.1) is 0 Å². The molecule has 22 heavy (non-hydrogen) atoms. The number of carbonyl (C=O) groups is 2. The second-order valence-electron chi connectivity index (χ2n) is 6.14. The zero-order valence-electron chi connectivity index (χ0n) is 14.7. The van der Waals surface area contributed by atoms with E-state index in [0.717, 1.165) is 5.56 Å². The van der Waals surface area contributed by atoms with E-state index in [1.54, 1.807) is 32.9 Å². The van der Waals surface area contributed by atoms with Gasteiger partial charge in [-0.1, -0.05) is 44.4 Å². The van der Waals surface area contributed by atoms with Gasteiger partial charge in [0.1, 0.15) is 12.1 Å². The highest BCUT2D eigenvalue weighted by molar-refractivity contribution is 5.95. The van der Waals surface area contributed by atoms with Crippen LogP contribution in [0.25, 0.3) is 0 Å². The van der Waals surface area contributed by atoms with Crippen molar-refractivity contribution in [2.75, 3.05) is 6.54 Å². The highest BCUT2D eigenvalue weighted by Gasteiger charge is 2.16. The lowest BCUT2D eigenvalue weighted by atomic mass is 10.1. The fraction of sp³-hybridized carbons (Fsp3) is 0.556. The van der Waals surface area contributed by atoms with Crippen LogP contribution in [-0.4, -0.2) is 24.0 Å². The van der Waals surface area contributed by atoms with Crippen LogP contribution in [0.5, 0.6) is 0 Å². The molecule has 1 amide bonds. The number of hydrogen-bond donors (Lipinski definition) is 1. The molecule has 0 atom stereocenters. The van der Waals surface area contributed by atoms with Crippen molar-refractivity contribution < 1.29 is 14.3 Å². The van der Waals surface area contributed by atoms with Gasteiger partial charge in [0, 0.05) is 5.56 Å². The van der Waals surface area contributed by atoms with Crippen molar-refractivity contribution in [2.24, 2.45) is 0 Å². The van der Waals surface area contributed by atoms with Gasteiger partial charge in [-0.3, -0.25) is 9.59 Å². The third kappa shape index (κ3) is 9.97. The Hall–Kier alpha value is -1.84. The second kappa shape index (κ2) is 9.98. The van der Waals surface area contributed by atoms with Gasteiger partial charge in [0.05, 0.1) is 0 Å². The molecule has 0 saturated heterocycles. The zero-order valence-corrected chi connectivity index (χ0v) is 14.7. The van der Waals surface area contributed by atoms with E-state index in [0.29, 0.717) is 5.56 Å². The number of nitrogens with one attached hydrogen (secondary N) is 1. The number of aryl methyl sites for hydroxylation is 1. The maximum absolute atomic E-state index is 11.7. The largest absolute Gasteiger partial charge is 0.459 e. The van der Waals surface area contributed by atoms with Gasteiger partial charge in [-0.2, -0.15) is 0 Å². The van der Waals surface area contributed by atoms with Crippen LogP contribution in [0.4, 0.5) is 0 Å². The standard InChI is InChI=1S/C14H19NO3.C4H10/c1-10-5-7-11(8-6-10)13(17)15-9-12(16)18-14(2,3)4;1-3-4-2/h5-8H,9H2,1-4H3,(H,15,17);3-4H2,1-2H3. The summed E-state index contributed by atoms with van der Waals surface area (Å²) in [5.41, 5.74) is 1.08. The van der Waals surface area contributed by atoms with Gasteiger partial charge < -0.3 is 10.1 Å². The fourth-order valence-electron chi connectivity index (χ4n) is 1.34. The molecule has 1 N–H and O–H groups in total. The van der Waals surface area contributed by atoms with E-state index in [2.05, 4.69) is 19.2 Å². The van der Waals surface area contributed by atoms with E-state index in [4.69, 9.17) is 4.74 Å². The summed E-state index contributed by atoms with van der Waals surface area (Å²) in [6, 6.07) is 7.14. The van der Waals surface area contributed by atoms with E-state index >= 15 is 0 Å². The Bertz CT molecular complexity index is 456. The second-order valence-corrected chi connectivity index (χ2v) is 6.14. The highest BCUT2D eigenvalue weighted by atomic mass is 16.6. The minimum atomic E-state index is -0.536. The van der Waals surface area contributed by atoms with Gasteiger partial charge in [-0.05, 0) is 39.8 Å². The molecule has 0 spiro atoms. The summed E-state index contributed by atoms with van der Waals surface area (Å²) in [6.07, 6.45) is 2.64. The van der Waals surface area contributed by atoms with E-state index in [-0.39, 0.29) is 12.5 Å². The van der Waals surface area contributed by atoms with Crippen molar-refractivity contribution in [3.8, 4) is 0 Å². The van der Waals surface area contributed by atoms with Crippen LogP contribution >= 0.6 is 0 Å². The molecule has 0 unspecified atom stereocenters. The van der Waals surface area contributed by atoms with Crippen LogP contribution in [0, 0.1) is 6.92 Å². The third-order valence-corrected chi connectivity index (χ3v) is 2.63. The van der Waals surface area contributed by atoms with E-state index in [1.807, 2.05) is 19.1 Å². The smallest absolute Gasteiger partial charge is 0.325 e. The monoisotopic (exact) mass is 307 g/mol. The predicted octanol–water partition coefficient (Wildman–Crippen LogP) is 3.87. The molecule has 0 aromatic heterocycles. The van der Waals surface area contributed by atoms with Crippen molar-refractivity contribution in [1.29, 1.82) is 0 Å². The maximum Gasteiger partial charge on any atom is 0.325 e. The average Bonchev–Trinajstić information content (AvgIpc) is 2.44. The molecule has 0 radical (unpaired) electrons. The number of ether oxygens (including phenoxy) is 1. The topological polar surface area (TPSA) is 55.4 Å². The SMILES string of the molecule is CCCC.Cc1ccc(C(=O)NCC(=O)OC(C)(C)C)cc1. The van der Waals surface area contributed by atoms with E-state index in [1.165, 1.54) is 12.8 Å². The molecule has 1 aromatic carbocycles. The van der Waals surface area contributed by atoms with Crippen LogP contribution in [-0.2, 0) is 9.53 Å². The molecule has 0 aliphatic carbocycles. The highest BCUT2D eigenvalue weighted by Crippen LogP contribution is 2.06. The van der Waals surface area contributed by atoms with Crippen molar-refractivity contribution in [2.45, 2.75) is 60.0 Å². The first kappa shape index (κ1) is 20.2. The Morgan fingerprint density at radius 2 is 1.55 bits per heavy atom. The molecule has 0 heterocycles. The van der Waals surface area contributed by atoms with E-state index < -0.39 is 11.6 Å². The summed E-state index contributed by atoms with van der Waals surface area (Å²) >= 11 is 0. The molecular weight excluding hydrogens is 278 g/mol. The molecule has 0 fully saturated rings. The third-order valence-electron chi connectivity index (χ3n) is 2.63. The Morgan fingerprint density at radius 1 is 1.05 bits per heavy atom. The number of rotatable bonds is 4. The predicted molar refractivity (Wildman–Crippen MR) is 89.9 cm³/mol. The van der Waals surface area contributed by atoms with Gasteiger partial charge in [0.2, 0.25) is 0 Å². The van der Waals surface area contributed by atoms with E-state index in [9.17, 15) is 9.59 Å². The van der Waals surface area contributed by atoms with Gasteiger partial charge in [0.25, 0.3) is 5.91 Å². The quantitative estimate of drug-likeness (QED) is 0.859. The molecule has 1 rings (SSSR count). The first-order chi connectivity index (χ1) is 10.2. The lowest BCUT2D eigenvalue weighted by Gasteiger charge is -2.19. The van der Waals surface area contributed by atoms with Gasteiger partial charge >= 0.3 is 5.97 Å². The molecule has 0 aliphatic rings. The molecule has 0 bridgehead atoms. The van der Waals surface area contributed by atoms with Crippen LogP contribution < -0.4 is 5.32 Å². The van der Waals surface area contributed by atoms with Crippen molar-refractivity contribution >= 4 is 11.9 Å². The Kier molecular flexibility index (Phi) is 9.15. The summed E-state index contributed by atoms with van der Waals surface area (Å²) in [7, 11) is 0. The summed E-state index contributed by atoms with van der Waals surface area (Å²) in [5, 5.41) is 2.53. The zero-order chi connectivity index (χ0) is 17.2. The van der Waals surface area contributed by atoms with Crippen molar-refractivity contribution in [3.63, 3.8) is 0 Å². The maximum atomic E-state index is 11.7. The molecular formula is C18H29NO3. The average molecular weight is 307 g/mol. The number of amides is 1. The molecule has 4 heteroatoms. The van der Waals surface area contributed by atoms with Crippen LogP contribution in [0.15, 0.2) is 24.3 Å². The Morgan fingerprint density at radius 3 is 1.95 bits per heavy atom. The number of unbranched alkanes of at least 4 members (excludes halogenated alkanes) is 1. The Balaban J connectivity index is 0.000000980. The van der Waals surface area contributed by atoms with Crippen molar-refractivity contribution in [3.05, 3.63) is 35.4 Å². The summed E-state index contributed by atoms with van der Waals surface area (Å²) in [4.78, 5) is 23.1. The lowest BCUT2D eigenvalue weighted by molar-refractivity contribution is -0.153. The number of benzene rings is 1. The normalized spacial score (nSPS) is 10.3. The van der Waals surface area contributed by atoms with Gasteiger partial charge in [0.15, 0.2) is 0 Å². The first-order valence-electron chi connectivity index (χ1n) is 7.76. The summed E-state index contributed by atoms with van der Waals surface area (Å²) < 4.78 is 5.09. The Labute approximate surface area is 134 Å². The molecule has 1 aromatic rings. The minimum Gasteiger partial charge on any atom is -0.459 e. The molecule has 4 nitrogen and oxygen atoms in total. The molecule has 0 aliphatic heterocycles. The number of carbonyl (C=O) groups excluding carboxylic acids is 2. The lowest BCUT2D eigenvalue weighted by Crippen LogP contribution is -2.34. The van der Waals surface area contributed by atoms with Crippen molar-refractivity contribution in [1.82, 2.24) is 5.32 Å². The van der Waals surface area contributed by atoms with Crippen LogP contribution in [0.1, 0.15) is 63.4 Å². The number of hydrogen-bond acceptors (Lipinski definition) is 3. The van der Waals surface area contributed by atoms with Crippen LogP contribution in [0.2, 0.25) is 0 Å². The number of esters is 1. The van der Waals surface area contributed by atoms with Crippen LogP contribution in [0.3, 0.4) is 0 Å². The molecule has 124 valence electrons. The summed E-state index contributed by atoms with van der Waals surface area (Å²) in [6.45, 7) is 11.5. The van der Waals surface area contributed by atoms with Gasteiger partial charge in [-0.25, -0.2) is 0 Å². The minimum absolute atomic E-state index is 0.121.